The molecule has 2 atom stereocenters. The summed E-state index contributed by atoms with van der Waals surface area (Å²) in [6.45, 7) is 2.60. The summed E-state index contributed by atoms with van der Waals surface area (Å²) in [5.74, 6) is -0.0933. The maximum Gasteiger partial charge on any atom is 0.227 e. The molecule has 29 heavy (non-hydrogen) atoms. The smallest absolute Gasteiger partial charge is 0.227 e. The van der Waals surface area contributed by atoms with Gasteiger partial charge in [0.25, 0.3) is 0 Å². The van der Waals surface area contributed by atoms with E-state index in [0.29, 0.717) is 28.6 Å². The van der Waals surface area contributed by atoms with E-state index < -0.39 is 0 Å². The van der Waals surface area contributed by atoms with Crippen molar-refractivity contribution >= 4 is 40.9 Å². The Balaban J connectivity index is 1.69. The number of benzene rings is 2. The number of nitrogens with zero attached hydrogens (tertiary/aromatic N) is 2. The number of aliphatic imine (C=N–C) groups is 1. The van der Waals surface area contributed by atoms with Crippen LogP contribution in [0.5, 0.6) is 0 Å². The van der Waals surface area contributed by atoms with Crippen molar-refractivity contribution in [2.45, 2.75) is 31.8 Å². The van der Waals surface area contributed by atoms with Gasteiger partial charge in [0.2, 0.25) is 5.91 Å². The van der Waals surface area contributed by atoms with E-state index in [0.717, 1.165) is 16.7 Å². The van der Waals surface area contributed by atoms with Gasteiger partial charge in [-0.2, -0.15) is 0 Å². The summed E-state index contributed by atoms with van der Waals surface area (Å²) < 4.78 is 0. The molecule has 0 saturated carbocycles. The van der Waals surface area contributed by atoms with Gasteiger partial charge in [-0.1, -0.05) is 53.5 Å². The second kappa shape index (κ2) is 8.31. The number of halogens is 2. The van der Waals surface area contributed by atoms with Crippen LogP contribution in [0.3, 0.4) is 0 Å². The van der Waals surface area contributed by atoms with Crippen LogP contribution < -0.4 is 0 Å². The van der Waals surface area contributed by atoms with Crippen molar-refractivity contribution in [3.05, 3.63) is 74.8 Å². The van der Waals surface area contributed by atoms with Crippen LogP contribution in [-0.4, -0.2) is 41.3 Å². The SMILES string of the molecule is C[C@H]1c2cccc(C3=CCN=C3)c2C[C@H](CO)N1C(=O)Cc1c(Cl)cccc1Cl. The molecule has 2 heterocycles. The quantitative estimate of drug-likeness (QED) is 0.778. The minimum Gasteiger partial charge on any atom is -0.394 e. The van der Waals surface area contributed by atoms with Crippen molar-refractivity contribution in [1.82, 2.24) is 4.90 Å². The number of aliphatic hydroxyl groups is 1. The Labute approximate surface area is 180 Å². The maximum atomic E-state index is 13.3. The monoisotopic (exact) mass is 428 g/mol. The van der Waals surface area contributed by atoms with Gasteiger partial charge in [-0.05, 0) is 53.3 Å². The van der Waals surface area contributed by atoms with Crippen LogP contribution in [0.25, 0.3) is 5.57 Å². The summed E-state index contributed by atoms with van der Waals surface area (Å²) >= 11 is 12.5. The van der Waals surface area contributed by atoms with Gasteiger partial charge in [0.05, 0.1) is 31.7 Å². The Bertz CT molecular complexity index is 996. The summed E-state index contributed by atoms with van der Waals surface area (Å²) in [5.41, 5.74) is 5.14. The summed E-state index contributed by atoms with van der Waals surface area (Å²) in [4.78, 5) is 19.3. The molecule has 2 aromatic carbocycles. The van der Waals surface area contributed by atoms with Gasteiger partial charge in [0.15, 0.2) is 0 Å². The van der Waals surface area contributed by atoms with Crippen molar-refractivity contribution < 1.29 is 9.90 Å². The van der Waals surface area contributed by atoms with Gasteiger partial charge in [-0.25, -0.2) is 0 Å². The largest absolute Gasteiger partial charge is 0.394 e. The number of allylic oxidation sites excluding steroid dienone is 1. The van der Waals surface area contributed by atoms with E-state index >= 15 is 0 Å². The van der Waals surface area contributed by atoms with Gasteiger partial charge in [-0.3, -0.25) is 9.79 Å². The molecule has 0 radical (unpaired) electrons. The number of hydrogen-bond donors (Lipinski definition) is 1. The minimum atomic E-state index is -0.300. The van der Waals surface area contributed by atoms with Crippen molar-refractivity contribution in [2.24, 2.45) is 4.99 Å². The first kappa shape index (κ1) is 20.1. The summed E-state index contributed by atoms with van der Waals surface area (Å²) in [7, 11) is 0. The van der Waals surface area contributed by atoms with E-state index in [1.165, 1.54) is 5.56 Å². The molecule has 0 bridgehead atoms. The molecule has 4 rings (SSSR count). The van der Waals surface area contributed by atoms with Crippen LogP contribution >= 0.6 is 23.2 Å². The number of carbonyl (C=O) groups excluding carboxylic acids is 1. The third kappa shape index (κ3) is 3.73. The first-order valence-corrected chi connectivity index (χ1v) is 10.4. The molecule has 0 aliphatic carbocycles. The number of amides is 1. The Morgan fingerprint density at radius 1 is 1.21 bits per heavy atom. The zero-order chi connectivity index (χ0) is 20.5. The first-order chi connectivity index (χ1) is 14.0. The molecule has 0 unspecified atom stereocenters. The van der Waals surface area contributed by atoms with E-state index in [9.17, 15) is 9.90 Å². The summed E-state index contributed by atoms with van der Waals surface area (Å²) in [6, 6.07) is 10.9. The molecule has 2 aliphatic heterocycles. The number of hydrogen-bond acceptors (Lipinski definition) is 3. The fraction of sp³-hybridized carbons (Fsp3) is 0.304. The number of rotatable bonds is 4. The summed E-state index contributed by atoms with van der Waals surface area (Å²) in [6.07, 6.45) is 4.70. The van der Waals surface area contributed by atoms with Crippen molar-refractivity contribution in [3.8, 4) is 0 Å². The van der Waals surface area contributed by atoms with Gasteiger partial charge in [0.1, 0.15) is 0 Å². The van der Waals surface area contributed by atoms with Crippen LogP contribution in [0, 0.1) is 0 Å². The molecule has 4 nitrogen and oxygen atoms in total. The molecule has 1 amide bonds. The Morgan fingerprint density at radius 2 is 1.93 bits per heavy atom. The third-order valence-corrected chi connectivity index (χ3v) is 6.47. The second-order valence-electron chi connectivity index (χ2n) is 7.42. The second-order valence-corrected chi connectivity index (χ2v) is 8.24. The van der Waals surface area contributed by atoms with Crippen molar-refractivity contribution in [1.29, 1.82) is 0 Å². The number of aliphatic hydroxyl groups excluding tert-OH is 1. The van der Waals surface area contributed by atoms with Gasteiger partial charge in [0, 0.05) is 16.3 Å². The predicted octanol–water partition coefficient (Wildman–Crippen LogP) is 4.51. The van der Waals surface area contributed by atoms with Crippen LogP contribution in [0.15, 0.2) is 47.5 Å². The van der Waals surface area contributed by atoms with E-state index in [1.807, 2.05) is 19.2 Å². The first-order valence-electron chi connectivity index (χ1n) is 9.68. The lowest BCUT2D eigenvalue weighted by atomic mass is 9.83. The van der Waals surface area contributed by atoms with E-state index in [2.05, 4.69) is 23.2 Å². The standard InChI is InChI=1S/C23H22Cl2N2O2/c1-14-17-4-2-5-18(15-8-9-26-12-15)19(17)10-16(13-28)27(14)23(29)11-20-21(24)6-3-7-22(20)25/h2-8,12,14,16,28H,9-11,13H2,1H3/t14-,16+/m0/s1. The Hall–Kier alpha value is -2.14. The third-order valence-electron chi connectivity index (χ3n) is 5.76. The predicted molar refractivity (Wildman–Crippen MR) is 118 cm³/mol. The van der Waals surface area contributed by atoms with E-state index in [-0.39, 0.29) is 31.0 Å². The highest BCUT2D eigenvalue weighted by Crippen LogP contribution is 2.38. The molecule has 150 valence electrons. The van der Waals surface area contributed by atoms with Gasteiger partial charge < -0.3 is 10.0 Å². The molecule has 0 saturated heterocycles. The zero-order valence-electron chi connectivity index (χ0n) is 16.1. The molecule has 6 heteroatoms. The number of fused-ring (bicyclic) bond motifs is 1. The van der Waals surface area contributed by atoms with Crippen molar-refractivity contribution in [2.75, 3.05) is 13.2 Å². The van der Waals surface area contributed by atoms with E-state index in [4.69, 9.17) is 23.2 Å². The fourth-order valence-electron chi connectivity index (χ4n) is 4.34. The molecule has 2 aromatic rings. The average molecular weight is 429 g/mol. The zero-order valence-corrected chi connectivity index (χ0v) is 17.6. The molecule has 1 N–H and O–H groups in total. The molecule has 2 aliphatic rings. The normalized spacial score (nSPS) is 20.6. The van der Waals surface area contributed by atoms with Gasteiger partial charge >= 0.3 is 0 Å². The van der Waals surface area contributed by atoms with E-state index in [1.54, 1.807) is 23.1 Å². The molecule has 0 spiro atoms. The minimum absolute atomic E-state index is 0.0933. The Morgan fingerprint density at radius 3 is 2.59 bits per heavy atom. The van der Waals surface area contributed by atoms with Gasteiger partial charge in [-0.15, -0.1) is 0 Å². The highest BCUT2D eigenvalue weighted by atomic mass is 35.5. The van der Waals surface area contributed by atoms with Crippen LogP contribution in [0.1, 0.15) is 35.2 Å². The summed E-state index contributed by atoms with van der Waals surface area (Å²) in [5, 5.41) is 11.1. The fourth-order valence-corrected chi connectivity index (χ4v) is 4.88. The number of carbonyl (C=O) groups is 1. The lowest BCUT2D eigenvalue weighted by Crippen LogP contribution is -2.49. The maximum absolute atomic E-state index is 13.3. The highest BCUT2D eigenvalue weighted by Gasteiger charge is 2.36. The lowest BCUT2D eigenvalue weighted by Gasteiger charge is -2.42. The van der Waals surface area contributed by atoms with Crippen LogP contribution in [0.2, 0.25) is 10.0 Å². The topological polar surface area (TPSA) is 52.9 Å². The van der Waals surface area contributed by atoms with Crippen LogP contribution in [0.4, 0.5) is 0 Å². The molecule has 0 aromatic heterocycles. The molecular weight excluding hydrogens is 407 g/mol. The van der Waals surface area contributed by atoms with Crippen LogP contribution in [-0.2, 0) is 17.6 Å². The highest BCUT2D eigenvalue weighted by molar-refractivity contribution is 6.36. The average Bonchev–Trinajstić information content (AvgIpc) is 3.24. The lowest BCUT2D eigenvalue weighted by molar-refractivity contribution is -0.137. The molecule has 0 fully saturated rings. The molecular formula is C23H22Cl2N2O2. The van der Waals surface area contributed by atoms with Crippen molar-refractivity contribution in [3.63, 3.8) is 0 Å². The Kier molecular flexibility index (Phi) is 5.77.